The van der Waals surface area contributed by atoms with E-state index in [1.807, 2.05) is 0 Å². The van der Waals surface area contributed by atoms with Crippen molar-refractivity contribution in [2.24, 2.45) is 5.92 Å². The fraction of sp³-hybridized carbons (Fsp3) is 0.417. The molecule has 0 atom stereocenters. The molecule has 1 aliphatic rings. The third-order valence-corrected chi connectivity index (χ3v) is 2.82. The van der Waals surface area contributed by atoms with E-state index >= 15 is 0 Å². The van der Waals surface area contributed by atoms with E-state index in [4.69, 9.17) is 5.11 Å². The second kappa shape index (κ2) is 4.51. The van der Waals surface area contributed by atoms with Gasteiger partial charge in [-0.1, -0.05) is 12.1 Å². The number of alkyl halides is 1. The van der Waals surface area contributed by atoms with Crippen molar-refractivity contribution in [2.75, 3.05) is 19.8 Å². The smallest absolute Gasteiger partial charge is 0.227 e. The first-order chi connectivity index (χ1) is 7.69. The quantitative estimate of drug-likeness (QED) is 0.840. The van der Waals surface area contributed by atoms with Gasteiger partial charge in [0.1, 0.15) is 5.75 Å². The lowest BCUT2D eigenvalue weighted by Crippen LogP contribution is -2.51. The Hall–Kier alpha value is -1.58. The number of carbonyl (C=O) groups is 1. The Morgan fingerprint density at radius 1 is 1.38 bits per heavy atom. The molecule has 3 nitrogen and oxygen atoms in total. The fourth-order valence-corrected chi connectivity index (χ4v) is 1.77. The number of amides is 1. The topological polar surface area (TPSA) is 40.5 Å². The van der Waals surface area contributed by atoms with Gasteiger partial charge in [-0.15, -0.1) is 0 Å². The van der Waals surface area contributed by atoms with Crippen LogP contribution in [-0.4, -0.2) is 35.7 Å². The number of likely N-dealkylation sites (tertiary alicyclic amines) is 1. The standard InChI is InChI=1S/C12H14FNO2/c13-6-10-7-14(8-10)12(16)5-9-1-3-11(15)4-2-9/h1-4,10,15H,5-8H2. The summed E-state index contributed by atoms with van der Waals surface area (Å²) < 4.78 is 12.2. The molecule has 0 radical (unpaired) electrons. The van der Waals surface area contributed by atoms with Crippen molar-refractivity contribution in [2.45, 2.75) is 6.42 Å². The molecule has 1 aromatic carbocycles. The molecule has 1 heterocycles. The van der Waals surface area contributed by atoms with Gasteiger partial charge in [0.25, 0.3) is 0 Å². The molecule has 0 unspecified atom stereocenters. The normalized spacial score (nSPS) is 15.9. The predicted molar refractivity (Wildman–Crippen MR) is 57.9 cm³/mol. The second-order valence-electron chi connectivity index (χ2n) is 4.16. The molecule has 1 aromatic rings. The van der Waals surface area contributed by atoms with E-state index in [-0.39, 0.29) is 24.2 Å². The van der Waals surface area contributed by atoms with Crippen molar-refractivity contribution in [3.05, 3.63) is 29.8 Å². The van der Waals surface area contributed by atoms with Gasteiger partial charge in [0.05, 0.1) is 13.1 Å². The number of phenolic OH excluding ortho intramolecular Hbond substituents is 1. The molecule has 0 saturated carbocycles. The summed E-state index contributed by atoms with van der Waals surface area (Å²) >= 11 is 0. The van der Waals surface area contributed by atoms with Crippen LogP contribution in [-0.2, 0) is 11.2 Å². The summed E-state index contributed by atoms with van der Waals surface area (Å²) in [6.07, 6.45) is 0.319. The minimum atomic E-state index is -0.344. The Labute approximate surface area is 93.5 Å². The van der Waals surface area contributed by atoms with Gasteiger partial charge < -0.3 is 10.0 Å². The van der Waals surface area contributed by atoms with E-state index < -0.39 is 0 Å². The third kappa shape index (κ3) is 2.32. The molecule has 2 rings (SSSR count). The molecule has 1 saturated heterocycles. The average molecular weight is 223 g/mol. The van der Waals surface area contributed by atoms with Crippen molar-refractivity contribution in [1.82, 2.24) is 4.90 Å². The van der Waals surface area contributed by atoms with Gasteiger partial charge in [0, 0.05) is 19.0 Å². The molecule has 1 N–H and O–H groups in total. The molecule has 0 spiro atoms. The van der Waals surface area contributed by atoms with Crippen LogP contribution in [0.25, 0.3) is 0 Å². The summed E-state index contributed by atoms with van der Waals surface area (Å²) in [6.45, 7) is 0.726. The maximum absolute atomic E-state index is 12.2. The lowest BCUT2D eigenvalue weighted by molar-refractivity contribution is -0.137. The van der Waals surface area contributed by atoms with Gasteiger partial charge in [-0.05, 0) is 17.7 Å². The van der Waals surface area contributed by atoms with Crippen LogP contribution in [0.5, 0.6) is 5.75 Å². The van der Waals surface area contributed by atoms with Crippen molar-refractivity contribution in [3.63, 3.8) is 0 Å². The number of nitrogens with zero attached hydrogens (tertiary/aromatic N) is 1. The number of halogens is 1. The lowest BCUT2D eigenvalue weighted by atomic mass is 10.0. The summed E-state index contributed by atoms with van der Waals surface area (Å²) in [5.41, 5.74) is 0.867. The van der Waals surface area contributed by atoms with Crippen LogP contribution >= 0.6 is 0 Å². The fourth-order valence-electron chi connectivity index (χ4n) is 1.77. The second-order valence-corrected chi connectivity index (χ2v) is 4.16. The first kappa shape index (κ1) is 10.9. The summed E-state index contributed by atoms with van der Waals surface area (Å²) in [5, 5.41) is 9.09. The van der Waals surface area contributed by atoms with Crippen LogP contribution in [0.15, 0.2) is 24.3 Å². The number of benzene rings is 1. The minimum absolute atomic E-state index is 0.0235. The largest absolute Gasteiger partial charge is 0.508 e. The maximum Gasteiger partial charge on any atom is 0.227 e. The van der Waals surface area contributed by atoms with Crippen LogP contribution in [0.4, 0.5) is 4.39 Å². The van der Waals surface area contributed by atoms with E-state index in [0.29, 0.717) is 19.5 Å². The van der Waals surface area contributed by atoms with E-state index in [2.05, 4.69) is 0 Å². The average Bonchev–Trinajstić information content (AvgIpc) is 2.20. The van der Waals surface area contributed by atoms with Crippen LogP contribution < -0.4 is 0 Å². The van der Waals surface area contributed by atoms with Crippen LogP contribution in [0.1, 0.15) is 5.56 Å². The van der Waals surface area contributed by atoms with E-state index in [9.17, 15) is 9.18 Å². The van der Waals surface area contributed by atoms with Gasteiger partial charge in [-0.25, -0.2) is 0 Å². The summed E-state index contributed by atoms with van der Waals surface area (Å²) in [6, 6.07) is 6.56. The predicted octanol–water partition coefficient (Wildman–Crippen LogP) is 1.36. The van der Waals surface area contributed by atoms with Crippen molar-refractivity contribution >= 4 is 5.91 Å². The number of hydrogen-bond acceptors (Lipinski definition) is 2. The molecule has 0 aliphatic carbocycles. The molecular weight excluding hydrogens is 209 g/mol. The highest BCUT2D eigenvalue weighted by Crippen LogP contribution is 2.18. The first-order valence-electron chi connectivity index (χ1n) is 5.30. The summed E-state index contributed by atoms with van der Waals surface area (Å²) in [5.74, 6) is 0.247. The van der Waals surface area contributed by atoms with E-state index in [1.165, 1.54) is 0 Å². The zero-order chi connectivity index (χ0) is 11.5. The Balaban J connectivity index is 1.86. The zero-order valence-corrected chi connectivity index (χ0v) is 8.90. The van der Waals surface area contributed by atoms with Gasteiger partial charge in [0.2, 0.25) is 5.91 Å². The SMILES string of the molecule is O=C(Cc1ccc(O)cc1)N1CC(CF)C1. The molecule has 16 heavy (non-hydrogen) atoms. The maximum atomic E-state index is 12.2. The Bertz CT molecular complexity index is 371. The van der Waals surface area contributed by atoms with Crippen molar-refractivity contribution in [1.29, 1.82) is 0 Å². The number of rotatable bonds is 3. The Morgan fingerprint density at radius 3 is 2.56 bits per heavy atom. The highest BCUT2D eigenvalue weighted by atomic mass is 19.1. The van der Waals surface area contributed by atoms with Crippen LogP contribution in [0.3, 0.4) is 0 Å². The van der Waals surface area contributed by atoms with Crippen LogP contribution in [0, 0.1) is 5.92 Å². The minimum Gasteiger partial charge on any atom is -0.508 e. The number of phenols is 1. The molecule has 0 aromatic heterocycles. The van der Waals surface area contributed by atoms with Crippen molar-refractivity contribution in [3.8, 4) is 5.75 Å². The number of carbonyl (C=O) groups excluding carboxylic acids is 1. The first-order valence-corrected chi connectivity index (χ1v) is 5.30. The Kier molecular flexibility index (Phi) is 3.08. The van der Waals surface area contributed by atoms with E-state index in [1.54, 1.807) is 29.2 Å². The van der Waals surface area contributed by atoms with Gasteiger partial charge in [-0.2, -0.15) is 0 Å². The molecule has 1 fully saturated rings. The molecule has 4 heteroatoms. The monoisotopic (exact) mass is 223 g/mol. The van der Waals surface area contributed by atoms with Gasteiger partial charge >= 0.3 is 0 Å². The molecule has 1 amide bonds. The third-order valence-electron chi connectivity index (χ3n) is 2.82. The van der Waals surface area contributed by atoms with E-state index in [0.717, 1.165) is 5.56 Å². The number of aromatic hydroxyl groups is 1. The summed E-state index contributed by atoms with van der Waals surface area (Å²) in [7, 11) is 0. The lowest BCUT2D eigenvalue weighted by Gasteiger charge is -2.37. The zero-order valence-electron chi connectivity index (χ0n) is 8.90. The molecule has 86 valence electrons. The van der Waals surface area contributed by atoms with Crippen LogP contribution in [0.2, 0.25) is 0 Å². The molecular formula is C12H14FNO2. The van der Waals surface area contributed by atoms with Crippen molar-refractivity contribution < 1.29 is 14.3 Å². The van der Waals surface area contributed by atoms with Gasteiger partial charge in [0.15, 0.2) is 0 Å². The van der Waals surface area contributed by atoms with Gasteiger partial charge in [-0.3, -0.25) is 9.18 Å². The molecule has 1 aliphatic heterocycles. The highest BCUT2D eigenvalue weighted by molar-refractivity contribution is 5.79. The highest BCUT2D eigenvalue weighted by Gasteiger charge is 2.29. The summed E-state index contributed by atoms with van der Waals surface area (Å²) in [4.78, 5) is 13.3. The molecule has 0 bridgehead atoms. The number of hydrogen-bond donors (Lipinski definition) is 1. The Morgan fingerprint density at radius 2 is 2.00 bits per heavy atom.